The first-order chi connectivity index (χ1) is 13.5. The molecular weight excluding hydrogens is 499 g/mol. The van der Waals surface area contributed by atoms with Gasteiger partial charge in [-0.1, -0.05) is 25.1 Å². The van der Waals surface area contributed by atoms with Gasteiger partial charge in [-0.2, -0.15) is 0 Å². The van der Waals surface area contributed by atoms with E-state index in [2.05, 4.69) is 27.4 Å². The van der Waals surface area contributed by atoms with Gasteiger partial charge in [0.2, 0.25) is 0 Å². The van der Waals surface area contributed by atoms with Gasteiger partial charge in [0.15, 0.2) is 15.8 Å². The van der Waals surface area contributed by atoms with Gasteiger partial charge in [0.1, 0.15) is 0 Å². The number of piperidine rings is 1. The highest BCUT2D eigenvalue weighted by atomic mass is 127. The molecule has 29 heavy (non-hydrogen) atoms. The topological polar surface area (TPSA) is 73.8 Å². The van der Waals surface area contributed by atoms with E-state index in [0.717, 1.165) is 37.9 Å². The molecule has 0 amide bonds. The fourth-order valence-corrected chi connectivity index (χ4v) is 4.64. The Morgan fingerprint density at radius 2 is 1.83 bits per heavy atom. The number of nitrogens with zero attached hydrogens (tertiary/aromatic N) is 2. The van der Waals surface area contributed by atoms with Crippen LogP contribution in [0.25, 0.3) is 0 Å². The Morgan fingerprint density at radius 3 is 2.48 bits per heavy atom. The van der Waals surface area contributed by atoms with E-state index in [1.165, 1.54) is 25.9 Å². The maximum atomic E-state index is 12.3. The summed E-state index contributed by atoms with van der Waals surface area (Å²) in [6.07, 6.45) is 4.22. The number of nitrogens with one attached hydrogen (secondary N) is 2. The first kappa shape index (κ1) is 26.2. The molecule has 0 radical (unpaired) electrons. The number of guanidine groups is 1. The Bertz CT molecular complexity index is 690. The molecule has 2 rings (SSSR count). The predicted octanol–water partition coefficient (Wildman–Crippen LogP) is 3.15. The number of benzene rings is 1. The smallest absolute Gasteiger partial charge is 0.191 e. The van der Waals surface area contributed by atoms with Crippen LogP contribution in [0.5, 0.6) is 0 Å². The van der Waals surface area contributed by atoms with Gasteiger partial charge < -0.3 is 15.5 Å². The molecule has 1 saturated heterocycles. The van der Waals surface area contributed by atoms with Gasteiger partial charge in [-0.15, -0.1) is 24.0 Å². The lowest BCUT2D eigenvalue weighted by molar-refractivity contribution is 0.191. The van der Waals surface area contributed by atoms with E-state index in [4.69, 9.17) is 0 Å². The van der Waals surface area contributed by atoms with Gasteiger partial charge in [0.25, 0.3) is 0 Å². The van der Waals surface area contributed by atoms with Crippen molar-refractivity contribution in [3.8, 4) is 0 Å². The molecule has 8 heteroatoms. The third kappa shape index (κ3) is 10.1. The molecular formula is C21H37IN4O2S. The first-order valence-corrected chi connectivity index (χ1v) is 12.2. The summed E-state index contributed by atoms with van der Waals surface area (Å²) in [5.41, 5.74) is 0. The zero-order valence-corrected chi connectivity index (χ0v) is 20.9. The fraction of sp³-hybridized carbons (Fsp3) is 0.667. The minimum atomic E-state index is -3.22. The van der Waals surface area contributed by atoms with Crippen molar-refractivity contribution in [2.75, 3.05) is 45.0 Å². The number of halogens is 1. The summed E-state index contributed by atoms with van der Waals surface area (Å²) in [5.74, 6) is 1.76. The SMILES string of the molecule is CCNC(=NCCCS(=O)(=O)c1ccccc1)NCCCN1CCC(C)CC1.I. The van der Waals surface area contributed by atoms with E-state index in [9.17, 15) is 8.42 Å². The van der Waals surface area contributed by atoms with Crippen molar-refractivity contribution in [1.82, 2.24) is 15.5 Å². The van der Waals surface area contributed by atoms with Crippen LogP contribution in [0.4, 0.5) is 0 Å². The van der Waals surface area contributed by atoms with Gasteiger partial charge in [0.05, 0.1) is 10.6 Å². The number of aliphatic imine (C=N–C) groups is 1. The average molecular weight is 537 g/mol. The Balaban J connectivity index is 0.00000420. The second-order valence-electron chi connectivity index (χ2n) is 7.55. The van der Waals surface area contributed by atoms with Crippen molar-refractivity contribution in [3.05, 3.63) is 30.3 Å². The molecule has 1 heterocycles. The highest BCUT2D eigenvalue weighted by Gasteiger charge is 2.15. The maximum absolute atomic E-state index is 12.3. The largest absolute Gasteiger partial charge is 0.357 e. The molecule has 0 aliphatic carbocycles. The Labute approximate surface area is 193 Å². The molecule has 0 bridgehead atoms. The third-order valence-corrected chi connectivity index (χ3v) is 6.92. The van der Waals surface area contributed by atoms with Crippen LogP contribution in [0.1, 0.15) is 39.5 Å². The number of sulfone groups is 1. The maximum Gasteiger partial charge on any atom is 0.191 e. The Hall–Kier alpha value is -0.870. The van der Waals surface area contributed by atoms with Gasteiger partial charge in [-0.3, -0.25) is 4.99 Å². The van der Waals surface area contributed by atoms with E-state index in [-0.39, 0.29) is 29.7 Å². The molecule has 0 atom stereocenters. The average Bonchev–Trinajstić information content (AvgIpc) is 2.70. The summed E-state index contributed by atoms with van der Waals surface area (Å²) in [7, 11) is -3.22. The predicted molar refractivity (Wildman–Crippen MR) is 132 cm³/mol. The van der Waals surface area contributed by atoms with E-state index in [0.29, 0.717) is 17.9 Å². The second-order valence-corrected chi connectivity index (χ2v) is 9.66. The number of hydrogen-bond acceptors (Lipinski definition) is 4. The minimum Gasteiger partial charge on any atom is -0.357 e. The van der Waals surface area contributed by atoms with E-state index in [1.807, 2.05) is 13.0 Å². The first-order valence-electron chi connectivity index (χ1n) is 10.5. The number of likely N-dealkylation sites (tertiary alicyclic amines) is 1. The van der Waals surface area contributed by atoms with Crippen LogP contribution in [0.2, 0.25) is 0 Å². The van der Waals surface area contributed by atoms with Crippen LogP contribution < -0.4 is 10.6 Å². The van der Waals surface area contributed by atoms with Crippen LogP contribution in [-0.2, 0) is 9.84 Å². The van der Waals surface area contributed by atoms with Crippen molar-refractivity contribution >= 4 is 39.8 Å². The molecule has 2 N–H and O–H groups in total. The van der Waals surface area contributed by atoms with Crippen molar-refractivity contribution in [1.29, 1.82) is 0 Å². The lowest BCUT2D eigenvalue weighted by atomic mass is 9.99. The summed E-state index contributed by atoms with van der Waals surface area (Å²) < 4.78 is 24.6. The van der Waals surface area contributed by atoms with Crippen molar-refractivity contribution in [3.63, 3.8) is 0 Å². The summed E-state index contributed by atoms with van der Waals surface area (Å²) in [6, 6.07) is 8.62. The molecule has 1 aliphatic rings. The summed E-state index contributed by atoms with van der Waals surface area (Å²) in [5, 5.41) is 6.59. The van der Waals surface area contributed by atoms with Crippen LogP contribution in [0.15, 0.2) is 40.2 Å². The number of rotatable bonds is 10. The molecule has 0 saturated carbocycles. The molecule has 166 valence electrons. The van der Waals surface area contributed by atoms with E-state index < -0.39 is 9.84 Å². The molecule has 1 aromatic carbocycles. The molecule has 1 aliphatic heterocycles. The Kier molecular flexibility index (Phi) is 12.8. The summed E-state index contributed by atoms with van der Waals surface area (Å²) >= 11 is 0. The standard InChI is InChI=1S/C21H36N4O2S.HI/c1-3-22-21(23-13-7-15-25-16-11-19(2)12-17-25)24-14-8-18-28(26,27)20-9-5-4-6-10-20;/h4-6,9-10,19H,3,7-8,11-18H2,1-2H3,(H2,22,23,24);1H. The normalized spacial score (nSPS) is 16.3. The fourth-order valence-electron chi connectivity index (χ4n) is 3.33. The van der Waals surface area contributed by atoms with Crippen molar-refractivity contribution < 1.29 is 8.42 Å². The molecule has 0 spiro atoms. The van der Waals surface area contributed by atoms with E-state index in [1.54, 1.807) is 24.3 Å². The molecule has 1 aromatic rings. The monoisotopic (exact) mass is 536 g/mol. The van der Waals surface area contributed by atoms with Crippen molar-refractivity contribution in [2.45, 2.75) is 44.4 Å². The zero-order chi connectivity index (χ0) is 20.2. The highest BCUT2D eigenvalue weighted by molar-refractivity contribution is 14.0. The number of hydrogen-bond donors (Lipinski definition) is 2. The van der Waals surface area contributed by atoms with E-state index >= 15 is 0 Å². The zero-order valence-electron chi connectivity index (χ0n) is 17.8. The van der Waals surface area contributed by atoms with Gasteiger partial charge in [-0.05, 0) is 70.3 Å². The molecule has 0 aromatic heterocycles. The molecule has 1 fully saturated rings. The van der Waals surface area contributed by atoms with Gasteiger partial charge in [0, 0.05) is 19.6 Å². The van der Waals surface area contributed by atoms with Crippen LogP contribution >= 0.6 is 24.0 Å². The lowest BCUT2D eigenvalue weighted by Gasteiger charge is -2.30. The highest BCUT2D eigenvalue weighted by Crippen LogP contribution is 2.15. The van der Waals surface area contributed by atoms with Crippen molar-refractivity contribution in [2.24, 2.45) is 10.9 Å². The Morgan fingerprint density at radius 1 is 1.14 bits per heavy atom. The summed E-state index contributed by atoms with van der Waals surface area (Å²) in [4.78, 5) is 7.45. The molecule has 6 nitrogen and oxygen atoms in total. The van der Waals surface area contributed by atoms with Gasteiger partial charge in [-0.25, -0.2) is 8.42 Å². The molecule has 0 unspecified atom stereocenters. The minimum absolute atomic E-state index is 0. The van der Waals surface area contributed by atoms with Gasteiger partial charge >= 0.3 is 0 Å². The quantitative estimate of drug-likeness (QED) is 0.208. The van der Waals surface area contributed by atoms with Crippen LogP contribution in [0, 0.1) is 5.92 Å². The third-order valence-electron chi connectivity index (χ3n) is 5.11. The van der Waals surface area contributed by atoms with Crippen LogP contribution in [0.3, 0.4) is 0 Å². The summed E-state index contributed by atoms with van der Waals surface area (Å²) in [6.45, 7) is 10.1. The lowest BCUT2D eigenvalue weighted by Crippen LogP contribution is -2.39. The second kappa shape index (κ2) is 14.2. The van der Waals surface area contributed by atoms with Crippen LogP contribution in [-0.4, -0.2) is 64.3 Å².